The van der Waals surface area contributed by atoms with Crippen LogP contribution in [-0.4, -0.2) is 33.0 Å². The average molecular weight is 251 g/mol. The molecule has 0 unspecified atom stereocenters. The summed E-state index contributed by atoms with van der Waals surface area (Å²) in [7, 11) is 3.30. The molecule has 1 fully saturated rings. The molecule has 1 heterocycles. The van der Waals surface area contributed by atoms with Crippen molar-refractivity contribution in [2.24, 2.45) is 5.73 Å². The van der Waals surface area contributed by atoms with E-state index in [0.717, 1.165) is 17.1 Å². The number of benzene rings is 1. The van der Waals surface area contributed by atoms with Gasteiger partial charge in [-0.2, -0.15) is 0 Å². The fourth-order valence-corrected chi connectivity index (χ4v) is 2.30. The van der Waals surface area contributed by atoms with Gasteiger partial charge < -0.3 is 19.9 Å². The average Bonchev–Trinajstić information content (AvgIpc) is 2.24. The third-order valence-electron chi connectivity index (χ3n) is 3.83. The highest BCUT2D eigenvalue weighted by Gasteiger charge is 2.50. The lowest BCUT2D eigenvalue weighted by molar-refractivity contribution is -0.0920. The van der Waals surface area contributed by atoms with Crippen molar-refractivity contribution in [3.63, 3.8) is 0 Å². The highest BCUT2D eigenvalue weighted by atomic mass is 16.5. The molecule has 0 atom stereocenters. The summed E-state index contributed by atoms with van der Waals surface area (Å²) in [5.74, 6) is 1.56. The maximum absolute atomic E-state index is 6.33. The van der Waals surface area contributed by atoms with Gasteiger partial charge >= 0.3 is 0 Å². The largest absolute Gasteiger partial charge is 0.497 e. The summed E-state index contributed by atoms with van der Waals surface area (Å²) in [4.78, 5) is 0. The van der Waals surface area contributed by atoms with Gasteiger partial charge in [0.25, 0.3) is 0 Å². The number of nitrogens with two attached hydrogens (primary N) is 1. The van der Waals surface area contributed by atoms with Crippen LogP contribution < -0.4 is 15.2 Å². The predicted molar refractivity (Wildman–Crippen MR) is 70.3 cm³/mol. The van der Waals surface area contributed by atoms with Crippen LogP contribution in [0, 0.1) is 0 Å². The number of hydrogen-bond donors (Lipinski definition) is 1. The van der Waals surface area contributed by atoms with E-state index in [1.54, 1.807) is 14.2 Å². The van der Waals surface area contributed by atoms with Crippen molar-refractivity contribution in [2.45, 2.75) is 24.8 Å². The highest BCUT2D eigenvalue weighted by molar-refractivity contribution is 5.44. The molecule has 2 N–H and O–H groups in total. The van der Waals surface area contributed by atoms with Gasteiger partial charge in [-0.15, -0.1) is 0 Å². The summed E-state index contributed by atoms with van der Waals surface area (Å²) < 4.78 is 16.0. The van der Waals surface area contributed by atoms with Crippen molar-refractivity contribution in [3.8, 4) is 11.5 Å². The summed E-state index contributed by atoms with van der Waals surface area (Å²) in [5, 5.41) is 0. The lowest BCUT2D eigenvalue weighted by Gasteiger charge is -2.51. The summed E-state index contributed by atoms with van der Waals surface area (Å²) in [6.45, 7) is 5.32. The smallest absolute Gasteiger partial charge is 0.122 e. The van der Waals surface area contributed by atoms with Crippen molar-refractivity contribution in [3.05, 3.63) is 23.8 Å². The minimum Gasteiger partial charge on any atom is -0.497 e. The van der Waals surface area contributed by atoms with E-state index in [1.807, 2.05) is 32.0 Å². The Kier molecular flexibility index (Phi) is 3.25. The van der Waals surface area contributed by atoms with Crippen LogP contribution in [0.15, 0.2) is 18.2 Å². The van der Waals surface area contributed by atoms with Crippen LogP contribution in [-0.2, 0) is 10.2 Å². The van der Waals surface area contributed by atoms with Gasteiger partial charge in [0.2, 0.25) is 0 Å². The van der Waals surface area contributed by atoms with E-state index in [1.165, 1.54) is 0 Å². The van der Waals surface area contributed by atoms with E-state index in [2.05, 4.69) is 0 Å². The van der Waals surface area contributed by atoms with E-state index in [-0.39, 0.29) is 11.0 Å². The normalized spacial score (nSPS) is 18.1. The van der Waals surface area contributed by atoms with Gasteiger partial charge in [-0.3, -0.25) is 0 Å². The van der Waals surface area contributed by atoms with Crippen LogP contribution in [0.4, 0.5) is 0 Å². The fourth-order valence-electron chi connectivity index (χ4n) is 2.30. The summed E-state index contributed by atoms with van der Waals surface area (Å²) in [6.07, 6.45) is 0. The topological polar surface area (TPSA) is 53.7 Å². The zero-order chi connectivity index (χ0) is 13.4. The monoisotopic (exact) mass is 251 g/mol. The molecule has 1 saturated heterocycles. The second kappa shape index (κ2) is 4.44. The van der Waals surface area contributed by atoms with Gasteiger partial charge in [0.15, 0.2) is 0 Å². The lowest BCUT2D eigenvalue weighted by atomic mass is 9.65. The van der Waals surface area contributed by atoms with Gasteiger partial charge in [0, 0.05) is 11.6 Å². The molecular weight excluding hydrogens is 230 g/mol. The van der Waals surface area contributed by atoms with Crippen molar-refractivity contribution >= 4 is 0 Å². The number of ether oxygens (including phenoxy) is 3. The fraction of sp³-hybridized carbons (Fsp3) is 0.571. The van der Waals surface area contributed by atoms with Crippen molar-refractivity contribution in [1.82, 2.24) is 0 Å². The number of methoxy groups -OCH3 is 2. The molecule has 1 aliphatic heterocycles. The molecule has 1 aromatic carbocycles. The molecule has 18 heavy (non-hydrogen) atoms. The summed E-state index contributed by atoms with van der Waals surface area (Å²) in [6, 6.07) is 5.89. The van der Waals surface area contributed by atoms with E-state index >= 15 is 0 Å². The molecule has 0 aromatic heterocycles. The maximum atomic E-state index is 6.33. The van der Waals surface area contributed by atoms with Crippen molar-refractivity contribution in [1.29, 1.82) is 0 Å². The summed E-state index contributed by atoms with van der Waals surface area (Å²) >= 11 is 0. The highest BCUT2D eigenvalue weighted by Crippen LogP contribution is 2.43. The van der Waals surface area contributed by atoms with E-state index < -0.39 is 0 Å². The molecule has 0 radical (unpaired) electrons. The minimum absolute atomic E-state index is 0.172. The maximum Gasteiger partial charge on any atom is 0.122 e. The first-order valence-electron chi connectivity index (χ1n) is 6.03. The number of rotatable bonds is 4. The van der Waals surface area contributed by atoms with Gasteiger partial charge in [0.05, 0.1) is 32.8 Å². The third kappa shape index (κ3) is 1.95. The first-order valence-corrected chi connectivity index (χ1v) is 6.03. The lowest BCUT2D eigenvalue weighted by Crippen LogP contribution is -2.64. The first kappa shape index (κ1) is 13.2. The molecule has 0 spiro atoms. The Hall–Kier alpha value is -1.26. The molecule has 100 valence electrons. The third-order valence-corrected chi connectivity index (χ3v) is 3.83. The Bertz CT molecular complexity index is 411. The summed E-state index contributed by atoms with van der Waals surface area (Å²) in [5.41, 5.74) is 6.91. The zero-order valence-corrected chi connectivity index (χ0v) is 11.4. The molecule has 1 aliphatic rings. The molecule has 4 heteroatoms. The first-order chi connectivity index (χ1) is 8.43. The van der Waals surface area contributed by atoms with E-state index in [9.17, 15) is 0 Å². The Morgan fingerprint density at radius 1 is 1.11 bits per heavy atom. The van der Waals surface area contributed by atoms with Crippen molar-refractivity contribution < 1.29 is 14.2 Å². The standard InChI is InChI=1S/C14H21NO3/c1-13(2,15)14(8-18-9-14)10-5-11(16-3)7-12(6-10)17-4/h5-7H,8-9,15H2,1-4H3. The van der Waals surface area contributed by atoms with Crippen LogP contribution in [0.2, 0.25) is 0 Å². The van der Waals surface area contributed by atoms with Crippen LogP contribution in [0.1, 0.15) is 19.4 Å². The molecule has 4 nitrogen and oxygen atoms in total. The van der Waals surface area contributed by atoms with E-state index in [0.29, 0.717) is 13.2 Å². The van der Waals surface area contributed by atoms with E-state index in [4.69, 9.17) is 19.9 Å². The molecule has 1 aromatic rings. The zero-order valence-electron chi connectivity index (χ0n) is 11.4. The predicted octanol–water partition coefficient (Wildman–Crippen LogP) is 1.71. The van der Waals surface area contributed by atoms with Crippen molar-refractivity contribution in [2.75, 3.05) is 27.4 Å². The Labute approximate surface area is 108 Å². The second-order valence-electron chi connectivity index (χ2n) is 5.40. The van der Waals surface area contributed by atoms with Gasteiger partial charge in [0.1, 0.15) is 11.5 Å². The molecule has 0 bridgehead atoms. The van der Waals surface area contributed by atoms with Crippen LogP contribution in [0.25, 0.3) is 0 Å². The van der Waals surface area contributed by atoms with Gasteiger partial charge in [-0.25, -0.2) is 0 Å². The minimum atomic E-state index is -0.359. The van der Waals surface area contributed by atoms with Crippen LogP contribution >= 0.6 is 0 Å². The van der Waals surface area contributed by atoms with Gasteiger partial charge in [-0.1, -0.05) is 0 Å². The molecular formula is C14H21NO3. The molecule has 2 rings (SSSR count). The molecule has 0 saturated carbocycles. The Balaban J connectivity index is 2.49. The van der Waals surface area contributed by atoms with Gasteiger partial charge in [-0.05, 0) is 31.5 Å². The number of hydrogen-bond acceptors (Lipinski definition) is 4. The quantitative estimate of drug-likeness (QED) is 0.885. The van der Waals surface area contributed by atoms with Crippen LogP contribution in [0.5, 0.6) is 11.5 Å². The second-order valence-corrected chi connectivity index (χ2v) is 5.40. The Morgan fingerprint density at radius 3 is 1.89 bits per heavy atom. The Morgan fingerprint density at radius 2 is 1.61 bits per heavy atom. The molecule has 0 aliphatic carbocycles. The SMILES string of the molecule is COc1cc(OC)cc(C2(C(C)(C)N)COC2)c1. The molecule has 0 amide bonds. The van der Waals surface area contributed by atoms with Crippen LogP contribution in [0.3, 0.4) is 0 Å².